The number of hydrogen-bond acceptors (Lipinski definition) is 2. The van der Waals surface area contributed by atoms with E-state index in [9.17, 15) is 0 Å². The summed E-state index contributed by atoms with van der Waals surface area (Å²) in [5.41, 5.74) is 8.50. The smallest absolute Gasteiger partial charge is 0.250 e. The van der Waals surface area contributed by atoms with Crippen LogP contribution >= 0.6 is 0 Å². The summed E-state index contributed by atoms with van der Waals surface area (Å²) in [5.74, 6) is 4.28. The van der Waals surface area contributed by atoms with Crippen LogP contribution in [0.15, 0.2) is 42.0 Å². The second-order valence-electron chi connectivity index (χ2n) is 13.3. The molecule has 0 aliphatic heterocycles. The standard InChI is InChI=1S/C33H48O2Si/c1-21(2)18-26-19-23(4)27-17-16-22(3)28-30(27)29(26)24(5)31(35-36(9,10)33(6,7)8)32(28)34-20-25-14-12-11-13-15-25/h11-15,18,22-23,26-27H,16-17,19-20H2,1-10H3/t22-,23+,26?,27-/m0/s1. The van der Waals surface area contributed by atoms with Gasteiger partial charge in [0.05, 0.1) is 0 Å². The van der Waals surface area contributed by atoms with Crippen LogP contribution in [-0.2, 0) is 6.61 Å². The van der Waals surface area contributed by atoms with E-state index >= 15 is 0 Å². The van der Waals surface area contributed by atoms with E-state index in [1.807, 2.05) is 0 Å². The van der Waals surface area contributed by atoms with Gasteiger partial charge in [-0.1, -0.05) is 76.6 Å². The third-order valence-electron chi connectivity index (χ3n) is 9.16. The number of ether oxygens (including phenoxy) is 1. The van der Waals surface area contributed by atoms with Gasteiger partial charge in [0.15, 0.2) is 5.75 Å². The van der Waals surface area contributed by atoms with Crippen LogP contribution in [0, 0.1) is 12.8 Å². The fraction of sp³-hybridized carbons (Fsp3) is 0.576. The Balaban J connectivity index is 1.98. The summed E-state index contributed by atoms with van der Waals surface area (Å²) in [6, 6.07) is 10.6. The monoisotopic (exact) mass is 504 g/mol. The first kappa shape index (κ1) is 27.0. The van der Waals surface area contributed by atoms with E-state index in [0.29, 0.717) is 30.3 Å². The average molecular weight is 505 g/mol. The summed E-state index contributed by atoms with van der Waals surface area (Å²) in [6.07, 6.45) is 6.24. The van der Waals surface area contributed by atoms with Crippen LogP contribution in [0.5, 0.6) is 11.5 Å². The summed E-state index contributed by atoms with van der Waals surface area (Å²) in [6.45, 7) is 23.9. The van der Waals surface area contributed by atoms with Crippen molar-refractivity contribution in [2.75, 3.05) is 0 Å². The minimum absolute atomic E-state index is 0.116. The second kappa shape index (κ2) is 10.0. The molecule has 0 saturated heterocycles. The quantitative estimate of drug-likeness (QED) is 0.288. The number of hydrogen-bond donors (Lipinski definition) is 0. The van der Waals surface area contributed by atoms with Crippen LogP contribution in [0.1, 0.15) is 113 Å². The van der Waals surface area contributed by atoms with E-state index in [-0.39, 0.29) is 5.04 Å². The Labute approximate surface area is 221 Å². The molecule has 4 rings (SSSR count). The van der Waals surface area contributed by atoms with Crippen molar-refractivity contribution in [1.29, 1.82) is 0 Å². The van der Waals surface area contributed by atoms with Crippen molar-refractivity contribution in [1.82, 2.24) is 0 Å². The normalized spacial score (nSPS) is 23.6. The number of benzene rings is 2. The van der Waals surface area contributed by atoms with Gasteiger partial charge in [-0.05, 0) is 98.2 Å². The van der Waals surface area contributed by atoms with Crippen molar-refractivity contribution in [2.45, 2.75) is 117 Å². The molecule has 2 aliphatic carbocycles. The lowest BCUT2D eigenvalue weighted by Crippen LogP contribution is -2.44. The predicted molar refractivity (Wildman–Crippen MR) is 156 cm³/mol. The Morgan fingerprint density at radius 3 is 2.25 bits per heavy atom. The first-order chi connectivity index (χ1) is 16.8. The zero-order valence-corrected chi connectivity index (χ0v) is 25.4. The SMILES string of the molecule is CC(C)=CC1C[C@@H](C)[C@@H]2CC[C@H](C)c3c(OCc4ccccc4)c(O[Si](C)(C)C(C)(C)C)c(C)c1c32. The number of rotatable bonds is 6. The highest BCUT2D eigenvalue weighted by molar-refractivity contribution is 6.74. The predicted octanol–water partition coefficient (Wildman–Crippen LogP) is 10.0. The minimum Gasteiger partial charge on any atom is -0.541 e. The van der Waals surface area contributed by atoms with Crippen molar-refractivity contribution >= 4 is 8.32 Å². The van der Waals surface area contributed by atoms with Gasteiger partial charge in [-0.2, -0.15) is 0 Å². The Morgan fingerprint density at radius 2 is 1.64 bits per heavy atom. The number of allylic oxidation sites excluding steroid dienone is 2. The summed E-state index contributed by atoms with van der Waals surface area (Å²) < 4.78 is 14.0. The highest BCUT2D eigenvalue weighted by atomic mass is 28.4. The van der Waals surface area contributed by atoms with Gasteiger partial charge in [0.25, 0.3) is 8.32 Å². The van der Waals surface area contributed by atoms with Crippen LogP contribution in [0.25, 0.3) is 0 Å². The fourth-order valence-electron chi connectivity index (χ4n) is 6.18. The maximum atomic E-state index is 7.21. The minimum atomic E-state index is -2.08. The molecule has 3 heteroatoms. The van der Waals surface area contributed by atoms with Crippen molar-refractivity contribution in [2.24, 2.45) is 5.92 Å². The molecule has 4 atom stereocenters. The lowest BCUT2D eigenvalue weighted by Gasteiger charge is -2.45. The summed E-state index contributed by atoms with van der Waals surface area (Å²) in [4.78, 5) is 0. The molecule has 36 heavy (non-hydrogen) atoms. The first-order valence-electron chi connectivity index (χ1n) is 14.0. The summed E-state index contributed by atoms with van der Waals surface area (Å²) in [5, 5.41) is 0.116. The molecule has 2 nitrogen and oxygen atoms in total. The van der Waals surface area contributed by atoms with Crippen LogP contribution < -0.4 is 9.16 Å². The molecular formula is C33H48O2Si. The van der Waals surface area contributed by atoms with E-state index in [0.717, 1.165) is 11.5 Å². The van der Waals surface area contributed by atoms with E-state index in [4.69, 9.17) is 9.16 Å². The molecule has 0 aromatic heterocycles. The highest BCUT2D eigenvalue weighted by Crippen LogP contribution is 2.59. The molecule has 0 saturated carbocycles. The van der Waals surface area contributed by atoms with Gasteiger partial charge in [-0.3, -0.25) is 0 Å². The lowest BCUT2D eigenvalue weighted by molar-refractivity contribution is 0.275. The van der Waals surface area contributed by atoms with Gasteiger partial charge in [-0.15, -0.1) is 0 Å². The fourth-order valence-corrected chi connectivity index (χ4v) is 7.24. The van der Waals surface area contributed by atoms with Crippen molar-refractivity contribution in [3.63, 3.8) is 0 Å². The van der Waals surface area contributed by atoms with Crippen molar-refractivity contribution < 1.29 is 9.16 Å². The second-order valence-corrected chi connectivity index (χ2v) is 18.0. The molecule has 196 valence electrons. The molecule has 0 radical (unpaired) electrons. The molecule has 0 spiro atoms. The third kappa shape index (κ3) is 5.05. The Morgan fingerprint density at radius 1 is 0.972 bits per heavy atom. The van der Waals surface area contributed by atoms with Gasteiger partial charge in [0.1, 0.15) is 12.4 Å². The highest BCUT2D eigenvalue weighted by Gasteiger charge is 2.44. The Bertz CT molecular complexity index is 1120. The van der Waals surface area contributed by atoms with Crippen molar-refractivity contribution in [3.05, 3.63) is 69.8 Å². The lowest BCUT2D eigenvalue weighted by atomic mass is 9.62. The molecular weight excluding hydrogens is 456 g/mol. The molecule has 0 bridgehead atoms. The summed E-state index contributed by atoms with van der Waals surface area (Å²) >= 11 is 0. The zero-order chi connectivity index (χ0) is 26.4. The van der Waals surface area contributed by atoms with Gasteiger partial charge >= 0.3 is 0 Å². The van der Waals surface area contributed by atoms with Gasteiger partial charge in [-0.25, -0.2) is 0 Å². The van der Waals surface area contributed by atoms with Gasteiger partial charge < -0.3 is 9.16 Å². The zero-order valence-electron chi connectivity index (χ0n) is 24.4. The van der Waals surface area contributed by atoms with E-state index in [1.165, 1.54) is 41.5 Å². The largest absolute Gasteiger partial charge is 0.541 e. The molecule has 0 amide bonds. The molecule has 1 unspecified atom stereocenters. The molecule has 0 heterocycles. The van der Waals surface area contributed by atoms with Crippen LogP contribution in [0.4, 0.5) is 0 Å². The average Bonchev–Trinajstić information content (AvgIpc) is 2.78. The molecule has 0 fully saturated rings. The molecule has 0 N–H and O–H groups in total. The Kier molecular flexibility index (Phi) is 7.54. The van der Waals surface area contributed by atoms with Gasteiger partial charge in [0, 0.05) is 11.5 Å². The first-order valence-corrected chi connectivity index (χ1v) is 16.9. The van der Waals surface area contributed by atoms with Crippen molar-refractivity contribution in [3.8, 4) is 11.5 Å². The van der Waals surface area contributed by atoms with Crippen LogP contribution in [0.3, 0.4) is 0 Å². The summed E-state index contributed by atoms with van der Waals surface area (Å²) in [7, 11) is -2.08. The maximum Gasteiger partial charge on any atom is 0.250 e. The van der Waals surface area contributed by atoms with E-state index in [2.05, 4.69) is 105 Å². The van der Waals surface area contributed by atoms with E-state index in [1.54, 1.807) is 11.1 Å². The molecule has 2 aliphatic rings. The van der Waals surface area contributed by atoms with Gasteiger partial charge in [0.2, 0.25) is 0 Å². The Hall–Kier alpha value is -2.00. The molecule has 2 aromatic carbocycles. The van der Waals surface area contributed by atoms with Crippen LogP contribution in [-0.4, -0.2) is 8.32 Å². The molecule has 2 aromatic rings. The maximum absolute atomic E-state index is 7.21. The third-order valence-corrected chi connectivity index (χ3v) is 13.5. The van der Waals surface area contributed by atoms with Crippen LogP contribution in [0.2, 0.25) is 18.1 Å². The topological polar surface area (TPSA) is 18.5 Å². The van der Waals surface area contributed by atoms with E-state index < -0.39 is 8.32 Å².